The normalized spacial score (nSPS) is 27.5. The number of ether oxygens (including phenoxy) is 2. The molecule has 1 aliphatic rings. The van der Waals surface area contributed by atoms with E-state index in [0.717, 1.165) is 19.2 Å². The van der Waals surface area contributed by atoms with Crippen LogP contribution in [-0.2, 0) is 14.3 Å². The number of nitrogens with zero attached hydrogens (tertiary/aromatic N) is 1. The van der Waals surface area contributed by atoms with Crippen LogP contribution in [0.1, 0.15) is 13.2 Å². The van der Waals surface area contributed by atoms with Gasteiger partial charge in [-0.25, -0.2) is 4.79 Å². The van der Waals surface area contributed by atoms with Gasteiger partial charge in [0, 0.05) is 19.2 Å². The van der Waals surface area contributed by atoms with Crippen LogP contribution in [0.2, 0.25) is 0 Å². The monoisotopic (exact) mass is 302 g/mol. The highest BCUT2D eigenvalue weighted by Crippen LogP contribution is 2.37. The van der Waals surface area contributed by atoms with E-state index in [9.17, 15) is 29.7 Å². The lowest BCUT2D eigenvalue weighted by Crippen LogP contribution is -2.50. The van der Waals surface area contributed by atoms with Crippen molar-refractivity contribution in [1.29, 1.82) is 0 Å². The van der Waals surface area contributed by atoms with Crippen LogP contribution in [0.5, 0.6) is 0 Å². The molecule has 0 spiro atoms. The Hall–Kier alpha value is -2.01. The van der Waals surface area contributed by atoms with Crippen LogP contribution in [0, 0.1) is 0 Å². The molecule has 0 amide bonds. The molecule has 3 atom stereocenters. The topological polar surface area (TPSA) is 151 Å². The van der Waals surface area contributed by atoms with Crippen molar-refractivity contribution in [1.82, 2.24) is 9.55 Å². The minimum atomic E-state index is -2.76. The van der Waals surface area contributed by atoms with E-state index in [1.807, 2.05) is 4.98 Å². The number of nitrogens with one attached hydrogen (secondary N) is 1. The van der Waals surface area contributed by atoms with Gasteiger partial charge in [0.1, 0.15) is 6.10 Å². The van der Waals surface area contributed by atoms with Crippen molar-refractivity contribution in [2.24, 2.45) is 0 Å². The maximum atomic E-state index is 11.7. The van der Waals surface area contributed by atoms with Gasteiger partial charge in [-0.1, -0.05) is 0 Å². The third-order valence-electron chi connectivity index (χ3n) is 3.00. The van der Waals surface area contributed by atoms with Gasteiger partial charge in [0.15, 0.2) is 12.3 Å². The largest absolute Gasteiger partial charge is 0.454 e. The molecule has 4 N–H and O–H groups in total. The zero-order chi connectivity index (χ0) is 15.8. The van der Waals surface area contributed by atoms with Crippen LogP contribution in [0.4, 0.5) is 0 Å². The molecule has 2 heterocycles. The number of aliphatic hydroxyl groups excluding tert-OH is 1. The van der Waals surface area contributed by atoms with Crippen LogP contribution in [0.3, 0.4) is 0 Å². The van der Waals surface area contributed by atoms with E-state index in [0.29, 0.717) is 4.57 Å². The number of esters is 1. The Morgan fingerprint density at radius 2 is 2.19 bits per heavy atom. The summed E-state index contributed by atoms with van der Waals surface area (Å²) in [6.45, 7) is 0.374. The minimum absolute atomic E-state index is 0.671. The first kappa shape index (κ1) is 15.4. The van der Waals surface area contributed by atoms with Crippen LogP contribution < -0.4 is 11.2 Å². The molecule has 1 fully saturated rings. The standard InChI is InChI=1S/C11H14N2O8/c1-5(15)20-8-6(4-14)21-9(11(8,18)19)13-3-2-7(16)12-10(13)17/h2-3,6,8-9,14,18-19H,4H2,1H3,(H,12,16,17)/t6-,8-,9-/m1/s1. The van der Waals surface area contributed by atoms with E-state index in [2.05, 4.69) is 0 Å². The Labute approximate surface area is 117 Å². The van der Waals surface area contributed by atoms with E-state index in [4.69, 9.17) is 9.47 Å². The Morgan fingerprint density at radius 1 is 1.52 bits per heavy atom. The van der Waals surface area contributed by atoms with Crippen molar-refractivity contribution < 1.29 is 29.6 Å². The summed E-state index contributed by atoms with van der Waals surface area (Å²) in [6, 6.07) is 0.980. The smallest absolute Gasteiger partial charge is 0.330 e. The predicted octanol–water partition coefficient (Wildman–Crippen LogP) is -2.96. The minimum Gasteiger partial charge on any atom is -0.454 e. The summed E-state index contributed by atoms with van der Waals surface area (Å²) in [7, 11) is 0. The number of aromatic amines is 1. The average molecular weight is 302 g/mol. The summed E-state index contributed by atoms with van der Waals surface area (Å²) < 4.78 is 10.6. The van der Waals surface area contributed by atoms with Gasteiger partial charge >= 0.3 is 11.7 Å². The first-order valence-corrected chi connectivity index (χ1v) is 5.97. The Bertz CT molecular complexity index is 648. The number of aliphatic hydroxyl groups is 3. The summed E-state index contributed by atoms with van der Waals surface area (Å²) in [5, 5.41) is 29.4. The number of hydrogen-bond acceptors (Lipinski definition) is 8. The van der Waals surface area contributed by atoms with Gasteiger partial charge in [0.25, 0.3) is 11.3 Å². The van der Waals surface area contributed by atoms with E-state index in [-0.39, 0.29) is 0 Å². The second-order valence-corrected chi connectivity index (χ2v) is 4.54. The molecular formula is C11H14N2O8. The molecule has 1 aromatic heterocycles. The van der Waals surface area contributed by atoms with E-state index in [1.165, 1.54) is 0 Å². The van der Waals surface area contributed by atoms with E-state index in [1.54, 1.807) is 0 Å². The molecule has 0 unspecified atom stereocenters. The summed E-state index contributed by atoms with van der Waals surface area (Å²) in [5.74, 6) is -3.58. The van der Waals surface area contributed by atoms with Crippen LogP contribution in [-0.4, -0.2) is 55.4 Å². The number of hydrogen-bond donors (Lipinski definition) is 4. The molecule has 10 heteroatoms. The first-order valence-electron chi connectivity index (χ1n) is 5.97. The molecule has 0 aromatic carbocycles. The van der Waals surface area contributed by atoms with Gasteiger partial charge in [0.2, 0.25) is 0 Å². The van der Waals surface area contributed by atoms with Gasteiger partial charge in [0.05, 0.1) is 6.61 Å². The summed E-state index contributed by atoms with van der Waals surface area (Å²) in [5.41, 5.74) is -1.62. The van der Waals surface area contributed by atoms with Crippen molar-refractivity contribution in [2.75, 3.05) is 6.61 Å². The third-order valence-corrected chi connectivity index (χ3v) is 3.00. The second-order valence-electron chi connectivity index (χ2n) is 4.54. The van der Waals surface area contributed by atoms with Crippen molar-refractivity contribution in [3.63, 3.8) is 0 Å². The maximum Gasteiger partial charge on any atom is 0.330 e. The van der Waals surface area contributed by atoms with E-state index < -0.39 is 48.0 Å². The van der Waals surface area contributed by atoms with Gasteiger partial charge in [-0.3, -0.25) is 19.1 Å². The number of carbonyl (C=O) groups is 1. The highest BCUT2D eigenvalue weighted by atomic mass is 16.7. The molecule has 1 aromatic rings. The molecule has 10 nitrogen and oxygen atoms in total. The molecule has 116 valence electrons. The van der Waals surface area contributed by atoms with Crippen LogP contribution in [0.25, 0.3) is 0 Å². The average Bonchev–Trinajstić information content (AvgIpc) is 2.61. The molecule has 21 heavy (non-hydrogen) atoms. The maximum absolute atomic E-state index is 11.7. The number of aromatic nitrogens is 2. The predicted molar refractivity (Wildman–Crippen MR) is 65.0 cm³/mol. The molecule has 0 aliphatic carbocycles. The molecular weight excluding hydrogens is 288 g/mol. The van der Waals surface area contributed by atoms with Crippen molar-refractivity contribution in [3.05, 3.63) is 33.1 Å². The van der Waals surface area contributed by atoms with Gasteiger partial charge < -0.3 is 24.8 Å². The number of rotatable bonds is 3. The second kappa shape index (κ2) is 5.41. The highest BCUT2D eigenvalue weighted by Gasteiger charge is 2.58. The molecule has 0 bridgehead atoms. The number of H-pyrrole nitrogens is 1. The zero-order valence-corrected chi connectivity index (χ0v) is 10.9. The molecule has 2 rings (SSSR count). The van der Waals surface area contributed by atoms with E-state index >= 15 is 0 Å². The molecule has 1 saturated heterocycles. The molecule has 1 aliphatic heterocycles. The Balaban J connectivity index is 2.43. The lowest BCUT2D eigenvalue weighted by atomic mass is 10.1. The lowest BCUT2D eigenvalue weighted by molar-refractivity contribution is -0.254. The van der Waals surface area contributed by atoms with Gasteiger partial charge in [-0.2, -0.15) is 0 Å². The third kappa shape index (κ3) is 2.74. The Kier molecular flexibility index (Phi) is 3.96. The van der Waals surface area contributed by atoms with Crippen molar-refractivity contribution in [2.45, 2.75) is 31.1 Å². The van der Waals surface area contributed by atoms with Crippen molar-refractivity contribution >= 4 is 5.97 Å². The first-order chi connectivity index (χ1) is 9.77. The zero-order valence-electron chi connectivity index (χ0n) is 10.9. The fraction of sp³-hybridized carbons (Fsp3) is 0.545. The fourth-order valence-corrected chi connectivity index (χ4v) is 2.11. The summed E-state index contributed by atoms with van der Waals surface area (Å²) >= 11 is 0. The van der Waals surface area contributed by atoms with Gasteiger partial charge in [-0.15, -0.1) is 0 Å². The quantitative estimate of drug-likeness (QED) is 0.341. The molecule has 0 saturated carbocycles. The van der Waals surface area contributed by atoms with Crippen LogP contribution >= 0.6 is 0 Å². The van der Waals surface area contributed by atoms with Crippen molar-refractivity contribution in [3.8, 4) is 0 Å². The van der Waals surface area contributed by atoms with Gasteiger partial charge in [-0.05, 0) is 0 Å². The lowest BCUT2D eigenvalue weighted by Gasteiger charge is -2.27. The summed E-state index contributed by atoms with van der Waals surface area (Å²) in [4.78, 5) is 35.6. The van der Waals surface area contributed by atoms with Crippen LogP contribution in [0.15, 0.2) is 21.9 Å². The highest BCUT2D eigenvalue weighted by molar-refractivity contribution is 5.66. The fourth-order valence-electron chi connectivity index (χ4n) is 2.11. The Morgan fingerprint density at radius 3 is 2.71 bits per heavy atom. The SMILES string of the molecule is CC(=O)O[C@@H]1[C@@H](CO)O[C@@H](n2ccc(=O)[nH]c2=O)C1(O)O. The molecule has 0 radical (unpaired) electrons. The summed E-state index contributed by atoms with van der Waals surface area (Å²) in [6.07, 6.45) is -3.50. The number of carbonyl (C=O) groups excluding carboxylic acids is 1.